The van der Waals surface area contributed by atoms with Crippen LogP contribution >= 0.6 is 0 Å². The zero-order valence-electron chi connectivity index (χ0n) is 11.0. The van der Waals surface area contributed by atoms with E-state index in [1.54, 1.807) is 25.1 Å². The fraction of sp³-hybridized carbons (Fsp3) is 0.200. The van der Waals surface area contributed by atoms with Crippen LogP contribution in [0.25, 0.3) is 5.57 Å². The minimum Gasteiger partial charge on any atom is -0.496 e. The van der Waals surface area contributed by atoms with Gasteiger partial charge in [-0.1, -0.05) is 6.07 Å². The van der Waals surface area contributed by atoms with Gasteiger partial charge in [0.05, 0.1) is 19.8 Å². The zero-order valence-corrected chi connectivity index (χ0v) is 11.0. The molecule has 1 aliphatic carbocycles. The van der Waals surface area contributed by atoms with E-state index in [0.717, 1.165) is 0 Å². The summed E-state index contributed by atoms with van der Waals surface area (Å²) < 4.78 is 10.5. The van der Waals surface area contributed by atoms with Crippen LogP contribution in [0, 0.1) is 0 Å². The van der Waals surface area contributed by atoms with E-state index in [-0.39, 0.29) is 11.6 Å². The third-order valence-electron chi connectivity index (χ3n) is 2.95. The van der Waals surface area contributed by atoms with Crippen molar-refractivity contribution in [1.29, 1.82) is 0 Å². The van der Waals surface area contributed by atoms with E-state index in [1.807, 2.05) is 0 Å². The average molecular weight is 258 g/mol. The van der Waals surface area contributed by atoms with Gasteiger partial charge in [-0.05, 0) is 31.2 Å². The molecule has 1 aromatic carbocycles. The number of ketones is 2. The summed E-state index contributed by atoms with van der Waals surface area (Å²) >= 11 is 0. The van der Waals surface area contributed by atoms with Crippen molar-refractivity contribution in [2.24, 2.45) is 0 Å². The van der Waals surface area contributed by atoms with Gasteiger partial charge in [0.1, 0.15) is 11.5 Å². The fourth-order valence-corrected chi connectivity index (χ4v) is 2.04. The van der Waals surface area contributed by atoms with E-state index in [4.69, 9.17) is 9.47 Å². The second-order valence-corrected chi connectivity index (χ2v) is 4.15. The Hall–Kier alpha value is -2.36. The molecule has 0 amide bonds. The largest absolute Gasteiger partial charge is 0.496 e. The number of Topliss-reactive ketones (excluding diaryl/α,β-unsaturated/α-hetero) is 1. The normalized spacial score (nSPS) is 14.9. The Morgan fingerprint density at radius 3 is 2.05 bits per heavy atom. The molecule has 4 nitrogen and oxygen atoms in total. The molecular weight excluding hydrogens is 244 g/mol. The lowest BCUT2D eigenvalue weighted by molar-refractivity contribution is -0.113. The topological polar surface area (TPSA) is 52.6 Å². The third kappa shape index (κ3) is 2.29. The number of carbonyl (C=O) groups excluding carboxylic acids is 2. The van der Waals surface area contributed by atoms with Crippen molar-refractivity contribution in [2.45, 2.75) is 6.92 Å². The quantitative estimate of drug-likeness (QED) is 0.780. The standard InChI is InChI=1S/C15H14O4/c1-9-7-10(16)8-11(15(9)17)14-12(18-2)5-4-6-13(14)19-3/h4-8H,1-3H3. The number of methoxy groups -OCH3 is 2. The molecule has 0 N–H and O–H groups in total. The first-order valence-electron chi connectivity index (χ1n) is 5.78. The maximum Gasteiger partial charge on any atom is 0.189 e. The molecule has 0 saturated carbocycles. The Morgan fingerprint density at radius 2 is 1.53 bits per heavy atom. The molecule has 0 atom stereocenters. The molecule has 0 aromatic heterocycles. The number of hydrogen-bond acceptors (Lipinski definition) is 4. The number of allylic oxidation sites excluding steroid dienone is 4. The number of hydrogen-bond donors (Lipinski definition) is 0. The van der Waals surface area contributed by atoms with Crippen molar-refractivity contribution in [2.75, 3.05) is 14.2 Å². The Morgan fingerprint density at radius 1 is 0.947 bits per heavy atom. The van der Waals surface area contributed by atoms with Crippen molar-refractivity contribution >= 4 is 17.1 Å². The van der Waals surface area contributed by atoms with Crippen molar-refractivity contribution in [3.63, 3.8) is 0 Å². The first-order chi connectivity index (χ1) is 9.08. The minimum atomic E-state index is -0.208. The molecule has 19 heavy (non-hydrogen) atoms. The lowest BCUT2D eigenvalue weighted by Gasteiger charge is -2.17. The molecule has 0 aliphatic heterocycles. The number of rotatable bonds is 3. The van der Waals surface area contributed by atoms with Gasteiger partial charge < -0.3 is 9.47 Å². The second kappa shape index (κ2) is 5.10. The van der Waals surface area contributed by atoms with Gasteiger partial charge in [-0.2, -0.15) is 0 Å². The summed E-state index contributed by atoms with van der Waals surface area (Å²) in [5.74, 6) is 0.602. The van der Waals surface area contributed by atoms with Gasteiger partial charge in [0.15, 0.2) is 11.6 Å². The van der Waals surface area contributed by atoms with E-state index < -0.39 is 0 Å². The Balaban J connectivity index is 2.65. The van der Waals surface area contributed by atoms with Crippen LogP contribution < -0.4 is 9.47 Å². The SMILES string of the molecule is COc1cccc(OC)c1C1=CC(=O)C=C(C)C1=O. The summed E-state index contributed by atoms with van der Waals surface area (Å²) in [6, 6.07) is 5.22. The van der Waals surface area contributed by atoms with Gasteiger partial charge in [0.25, 0.3) is 0 Å². The third-order valence-corrected chi connectivity index (χ3v) is 2.95. The first-order valence-corrected chi connectivity index (χ1v) is 5.78. The molecule has 2 rings (SSSR count). The van der Waals surface area contributed by atoms with Crippen LogP contribution in [0.5, 0.6) is 11.5 Å². The van der Waals surface area contributed by atoms with Gasteiger partial charge in [-0.3, -0.25) is 9.59 Å². The van der Waals surface area contributed by atoms with Crippen LogP contribution in [-0.4, -0.2) is 25.8 Å². The summed E-state index contributed by atoms with van der Waals surface area (Å²) in [6.07, 6.45) is 2.64. The molecule has 0 radical (unpaired) electrons. The monoisotopic (exact) mass is 258 g/mol. The van der Waals surface area contributed by atoms with Crippen LogP contribution in [0.15, 0.2) is 35.9 Å². The molecule has 4 heteroatoms. The van der Waals surface area contributed by atoms with Gasteiger partial charge in [-0.25, -0.2) is 0 Å². The van der Waals surface area contributed by atoms with Crippen LogP contribution in [0.1, 0.15) is 12.5 Å². The highest BCUT2D eigenvalue weighted by atomic mass is 16.5. The molecule has 0 fully saturated rings. The number of ether oxygens (including phenoxy) is 2. The summed E-state index contributed by atoms with van der Waals surface area (Å²) in [6.45, 7) is 1.62. The van der Waals surface area contributed by atoms with Gasteiger partial charge >= 0.3 is 0 Å². The summed E-state index contributed by atoms with van der Waals surface area (Å²) in [5.41, 5.74) is 1.23. The van der Waals surface area contributed by atoms with E-state index in [0.29, 0.717) is 28.2 Å². The number of benzene rings is 1. The average Bonchev–Trinajstić information content (AvgIpc) is 2.41. The smallest absolute Gasteiger partial charge is 0.189 e. The highest BCUT2D eigenvalue weighted by Crippen LogP contribution is 2.37. The summed E-state index contributed by atoms with van der Waals surface area (Å²) in [7, 11) is 3.02. The molecule has 0 heterocycles. The van der Waals surface area contributed by atoms with E-state index >= 15 is 0 Å². The predicted molar refractivity (Wildman–Crippen MR) is 71.3 cm³/mol. The van der Waals surface area contributed by atoms with Gasteiger partial charge in [0.2, 0.25) is 0 Å². The molecule has 0 spiro atoms. The molecule has 98 valence electrons. The maximum absolute atomic E-state index is 12.2. The maximum atomic E-state index is 12.2. The van der Waals surface area contributed by atoms with Crippen molar-refractivity contribution in [1.82, 2.24) is 0 Å². The van der Waals surface area contributed by atoms with Crippen LogP contribution in [0.2, 0.25) is 0 Å². The molecule has 0 saturated heterocycles. The van der Waals surface area contributed by atoms with Gasteiger partial charge in [-0.15, -0.1) is 0 Å². The van der Waals surface area contributed by atoms with Crippen LogP contribution in [0.3, 0.4) is 0 Å². The molecule has 0 unspecified atom stereocenters. The van der Waals surface area contributed by atoms with Crippen LogP contribution in [0.4, 0.5) is 0 Å². The minimum absolute atomic E-state index is 0.192. The fourth-order valence-electron chi connectivity index (χ4n) is 2.04. The first kappa shape index (κ1) is 13.1. The van der Waals surface area contributed by atoms with Crippen LogP contribution in [-0.2, 0) is 9.59 Å². The van der Waals surface area contributed by atoms with Crippen molar-refractivity contribution in [3.8, 4) is 11.5 Å². The Bertz CT molecular complexity index is 586. The van der Waals surface area contributed by atoms with Crippen molar-refractivity contribution in [3.05, 3.63) is 41.5 Å². The second-order valence-electron chi connectivity index (χ2n) is 4.15. The summed E-state index contributed by atoms with van der Waals surface area (Å²) in [5, 5.41) is 0. The Labute approximate surface area is 111 Å². The predicted octanol–water partition coefficient (Wildman–Crippen LogP) is 2.19. The number of carbonyl (C=O) groups is 2. The van der Waals surface area contributed by atoms with E-state index in [2.05, 4.69) is 0 Å². The highest BCUT2D eigenvalue weighted by molar-refractivity contribution is 6.36. The zero-order chi connectivity index (χ0) is 14.0. The summed E-state index contributed by atoms with van der Waals surface area (Å²) in [4.78, 5) is 23.8. The lowest BCUT2D eigenvalue weighted by atomic mass is 9.90. The highest BCUT2D eigenvalue weighted by Gasteiger charge is 2.25. The Kier molecular flexibility index (Phi) is 3.51. The molecule has 0 bridgehead atoms. The molecular formula is C15H14O4. The lowest BCUT2D eigenvalue weighted by Crippen LogP contribution is -2.13. The molecule has 1 aliphatic rings. The van der Waals surface area contributed by atoms with E-state index in [9.17, 15) is 9.59 Å². The molecule has 1 aromatic rings. The van der Waals surface area contributed by atoms with E-state index in [1.165, 1.54) is 26.4 Å². The van der Waals surface area contributed by atoms with Crippen molar-refractivity contribution < 1.29 is 19.1 Å². The van der Waals surface area contributed by atoms with Gasteiger partial charge in [0, 0.05) is 11.1 Å².